The summed E-state index contributed by atoms with van der Waals surface area (Å²) in [4.78, 5) is 8.66. The van der Waals surface area contributed by atoms with Crippen molar-refractivity contribution in [2.45, 2.75) is 52.5 Å². The third-order valence-electron chi connectivity index (χ3n) is 2.62. The van der Waals surface area contributed by atoms with E-state index in [2.05, 4.69) is 43.0 Å². The van der Waals surface area contributed by atoms with Gasteiger partial charge in [-0.25, -0.2) is 9.97 Å². The van der Waals surface area contributed by atoms with Crippen molar-refractivity contribution < 1.29 is 0 Å². The molecule has 1 aromatic rings. The summed E-state index contributed by atoms with van der Waals surface area (Å²) in [5.74, 6) is 2.17. The summed E-state index contributed by atoms with van der Waals surface area (Å²) in [6.07, 6.45) is 2.92. The summed E-state index contributed by atoms with van der Waals surface area (Å²) in [5, 5.41) is 3.38. The van der Waals surface area contributed by atoms with E-state index < -0.39 is 0 Å². The molecule has 0 saturated heterocycles. The average molecular weight is 222 g/mol. The van der Waals surface area contributed by atoms with Crippen LogP contribution in [0.5, 0.6) is 0 Å². The van der Waals surface area contributed by atoms with Crippen molar-refractivity contribution in [2.75, 3.05) is 11.1 Å². The Balaban J connectivity index is 2.87. The Morgan fingerprint density at radius 2 is 2.00 bits per heavy atom. The third-order valence-corrected chi connectivity index (χ3v) is 2.62. The van der Waals surface area contributed by atoms with E-state index in [4.69, 9.17) is 5.73 Å². The van der Waals surface area contributed by atoms with Crippen molar-refractivity contribution in [3.63, 3.8) is 0 Å². The molecule has 0 saturated carbocycles. The molecule has 4 heteroatoms. The Kier molecular flexibility index (Phi) is 4.10. The Hall–Kier alpha value is -1.32. The molecule has 0 aliphatic heterocycles. The Morgan fingerprint density at radius 1 is 1.31 bits per heavy atom. The van der Waals surface area contributed by atoms with Crippen LogP contribution in [0.1, 0.15) is 46.4 Å². The van der Waals surface area contributed by atoms with Crippen molar-refractivity contribution >= 4 is 11.6 Å². The lowest BCUT2D eigenvalue weighted by molar-refractivity contribution is 0.544. The van der Waals surface area contributed by atoms with Crippen LogP contribution in [0.15, 0.2) is 6.07 Å². The van der Waals surface area contributed by atoms with E-state index in [0.717, 1.165) is 30.9 Å². The van der Waals surface area contributed by atoms with E-state index in [1.54, 1.807) is 6.07 Å². The molecule has 3 N–H and O–H groups in total. The molecule has 1 aromatic heterocycles. The Bertz CT molecular complexity index is 347. The number of nitrogens with one attached hydrogen (secondary N) is 1. The highest BCUT2D eigenvalue weighted by atomic mass is 15.1. The maximum absolute atomic E-state index is 5.76. The van der Waals surface area contributed by atoms with Gasteiger partial charge in [-0.15, -0.1) is 0 Å². The second-order valence-corrected chi connectivity index (χ2v) is 4.71. The lowest BCUT2D eigenvalue weighted by Gasteiger charge is -2.25. The summed E-state index contributed by atoms with van der Waals surface area (Å²) in [7, 11) is 0. The predicted molar refractivity (Wildman–Crippen MR) is 68.4 cm³/mol. The molecule has 0 amide bonds. The van der Waals surface area contributed by atoms with Crippen LogP contribution >= 0.6 is 0 Å². The average Bonchev–Trinajstić information content (AvgIpc) is 2.16. The van der Waals surface area contributed by atoms with Crippen LogP contribution in [0.25, 0.3) is 0 Å². The minimum atomic E-state index is 0.0320. The number of aryl methyl sites for hydroxylation is 1. The fourth-order valence-electron chi connectivity index (χ4n) is 1.35. The number of nitrogens with zero attached hydrogens (tertiary/aromatic N) is 2. The SMILES string of the molecule is CCCc1nc(N)cc(NC(C)(C)CC)n1. The molecular weight excluding hydrogens is 200 g/mol. The van der Waals surface area contributed by atoms with E-state index >= 15 is 0 Å². The van der Waals surface area contributed by atoms with Crippen LogP contribution in [0.4, 0.5) is 11.6 Å². The highest BCUT2D eigenvalue weighted by molar-refractivity contribution is 5.46. The molecule has 0 bridgehead atoms. The Labute approximate surface area is 97.7 Å². The van der Waals surface area contributed by atoms with E-state index in [-0.39, 0.29) is 5.54 Å². The summed E-state index contributed by atoms with van der Waals surface area (Å²) < 4.78 is 0. The predicted octanol–water partition coefficient (Wildman–Crippen LogP) is 2.61. The first-order valence-corrected chi connectivity index (χ1v) is 5.88. The molecule has 0 radical (unpaired) electrons. The van der Waals surface area contributed by atoms with Gasteiger partial charge in [0.15, 0.2) is 0 Å². The highest BCUT2D eigenvalue weighted by Crippen LogP contribution is 2.17. The number of hydrogen-bond acceptors (Lipinski definition) is 4. The van der Waals surface area contributed by atoms with E-state index in [1.165, 1.54) is 0 Å². The number of aromatic nitrogens is 2. The van der Waals surface area contributed by atoms with Gasteiger partial charge in [-0.1, -0.05) is 13.8 Å². The van der Waals surface area contributed by atoms with Gasteiger partial charge in [0, 0.05) is 18.0 Å². The molecule has 90 valence electrons. The molecular formula is C12H22N4. The van der Waals surface area contributed by atoms with Crippen molar-refractivity contribution in [3.05, 3.63) is 11.9 Å². The number of anilines is 2. The lowest BCUT2D eigenvalue weighted by atomic mass is 10.0. The molecule has 0 spiro atoms. The maximum atomic E-state index is 5.76. The second kappa shape index (κ2) is 5.14. The first-order chi connectivity index (χ1) is 7.46. The minimum absolute atomic E-state index is 0.0320. The number of nitrogens with two attached hydrogens (primary N) is 1. The zero-order chi connectivity index (χ0) is 12.2. The monoisotopic (exact) mass is 222 g/mol. The summed E-state index contributed by atoms with van der Waals surface area (Å²) in [5.41, 5.74) is 5.79. The second-order valence-electron chi connectivity index (χ2n) is 4.71. The first kappa shape index (κ1) is 12.7. The van der Waals surface area contributed by atoms with Gasteiger partial charge < -0.3 is 11.1 Å². The fraction of sp³-hybridized carbons (Fsp3) is 0.667. The first-order valence-electron chi connectivity index (χ1n) is 5.88. The third kappa shape index (κ3) is 3.68. The standard InChI is InChI=1S/C12H22N4/c1-5-7-10-14-9(13)8-11(15-10)16-12(3,4)6-2/h8H,5-7H2,1-4H3,(H3,13,14,15,16). The molecule has 0 fully saturated rings. The molecule has 1 rings (SSSR count). The summed E-state index contributed by atoms with van der Waals surface area (Å²) in [6.45, 7) is 8.54. The lowest BCUT2D eigenvalue weighted by Crippen LogP contribution is -2.30. The van der Waals surface area contributed by atoms with Gasteiger partial charge in [-0.3, -0.25) is 0 Å². The van der Waals surface area contributed by atoms with Crippen molar-refractivity contribution in [3.8, 4) is 0 Å². The molecule has 0 aromatic carbocycles. The summed E-state index contributed by atoms with van der Waals surface area (Å²) in [6, 6.07) is 1.79. The van der Waals surface area contributed by atoms with Crippen LogP contribution in [0, 0.1) is 0 Å². The van der Waals surface area contributed by atoms with Gasteiger partial charge in [0.1, 0.15) is 17.5 Å². The molecule has 1 heterocycles. The molecule has 0 aliphatic rings. The van der Waals surface area contributed by atoms with Crippen LogP contribution in [-0.4, -0.2) is 15.5 Å². The van der Waals surface area contributed by atoms with Gasteiger partial charge in [0.2, 0.25) is 0 Å². The quantitative estimate of drug-likeness (QED) is 0.803. The van der Waals surface area contributed by atoms with Crippen LogP contribution < -0.4 is 11.1 Å². The van der Waals surface area contributed by atoms with Gasteiger partial charge >= 0.3 is 0 Å². The smallest absolute Gasteiger partial charge is 0.133 e. The van der Waals surface area contributed by atoms with Crippen molar-refractivity contribution in [1.29, 1.82) is 0 Å². The van der Waals surface area contributed by atoms with Gasteiger partial charge in [-0.05, 0) is 26.7 Å². The zero-order valence-electron chi connectivity index (χ0n) is 10.7. The topological polar surface area (TPSA) is 63.8 Å². The fourth-order valence-corrected chi connectivity index (χ4v) is 1.35. The highest BCUT2D eigenvalue weighted by Gasteiger charge is 2.15. The molecule has 0 atom stereocenters. The van der Waals surface area contributed by atoms with Gasteiger partial charge in [0.05, 0.1) is 0 Å². The van der Waals surface area contributed by atoms with Crippen LogP contribution in [-0.2, 0) is 6.42 Å². The number of rotatable bonds is 5. The van der Waals surface area contributed by atoms with Crippen molar-refractivity contribution in [2.24, 2.45) is 0 Å². The normalized spacial score (nSPS) is 11.5. The van der Waals surface area contributed by atoms with E-state index in [1.807, 2.05) is 0 Å². The molecule has 0 aliphatic carbocycles. The van der Waals surface area contributed by atoms with Gasteiger partial charge in [-0.2, -0.15) is 0 Å². The molecule has 16 heavy (non-hydrogen) atoms. The largest absolute Gasteiger partial charge is 0.384 e. The zero-order valence-corrected chi connectivity index (χ0v) is 10.7. The van der Waals surface area contributed by atoms with Gasteiger partial charge in [0.25, 0.3) is 0 Å². The van der Waals surface area contributed by atoms with Crippen LogP contribution in [0.3, 0.4) is 0 Å². The van der Waals surface area contributed by atoms with Crippen LogP contribution in [0.2, 0.25) is 0 Å². The maximum Gasteiger partial charge on any atom is 0.133 e. The molecule has 4 nitrogen and oxygen atoms in total. The minimum Gasteiger partial charge on any atom is -0.384 e. The molecule has 0 unspecified atom stereocenters. The Morgan fingerprint density at radius 3 is 2.56 bits per heavy atom. The number of nitrogen functional groups attached to an aromatic ring is 1. The van der Waals surface area contributed by atoms with E-state index in [9.17, 15) is 0 Å². The van der Waals surface area contributed by atoms with Crippen molar-refractivity contribution in [1.82, 2.24) is 9.97 Å². The van der Waals surface area contributed by atoms with E-state index in [0.29, 0.717) is 5.82 Å². The number of hydrogen-bond donors (Lipinski definition) is 2. The summed E-state index contributed by atoms with van der Waals surface area (Å²) >= 11 is 0.